The van der Waals surface area contributed by atoms with Gasteiger partial charge in [-0.2, -0.15) is 0 Å². The summed E-state index contributed by atoms with van der Waals surface area (Å²) in [4.78, 5) is 11.7. The Hall–Kier alpha value is -0.650. The SMILES string of the molecule is CC1(C)CC(N)CC(C)(C)N1N1C(C)(C)CC(C(=O)O)CC1(C)C. The number of carbonyl (C=O) groups is 1. The van der Waals surface area contributed by atoms with Crippen molar-refractivity contribution in [2.45, 2.75) is 109 Å². The maximum atomic E-state index is 11.7. The standard InChI is InChI=1S/C19H37N3O2/c1-16(2)9-13(15(23)24)10-17(3,4)21(16)22-18(5,6)11-14(20)12-19(22,7)8/h13-14H,9-12,20H2,1-8H3,(H,23,24). The molecule has 0 aromatic rings. The van der Waals surface area contributed by atoms with Crippen molar-refractivity contribution >= 4 is 5.97 Å². The van der Waals surface area contributed by atoms with Gasteiger partial charge in [-0.25, -0.2) is 10.0 Å². The predicted octanol–water partition coefficient (Wildman–Crippen LogP) is 3.24. The maximum Gasteiger partial charge on any atom is 0.306 e. The molecule has 0 bridgehead atoms. The first-order chi connectivity index (χ1) is 10.6. The number of carboxylic acids is 1. The van der Waals surface area contributed by atoms with Gasteiger partial charge in [0.1, 0.15) is 0 Å². The number of aliphatic carboxylic acids is 1. The molecule has 0 saturated carbocycles. The molecule has 24 heavy (non-hydrogen) atoms. The summed E-state index contributed by atoms with van der Waals surface area (Å²) in [5.41, 5.74) is 5.78. The molecule has 0 unspecified atom stereocenters. The van der Waals surface area contributed by atoms with E-state index in [-0.39, 0.29) is 34.1 Å². The zero-order valence-electron chi connectivity index (χ0n) is 16.8. The van der Waals surface area contributed by atoms with Gasteiger partial charge in [-0.1, -0.05) is 0 Å². The molecule has 5 nitrogen and oxygen atoms in total. The van der Waals surface area contributed by atoms with E-state index in [4.69, 9.17) is 5.73 Å². The highest BCUT2D eigenvalue weighted by Gasteiger charge is 2.57. The molecule has 3 N–H and O–H groups in total. The van der Waals surface area contributed by atoms with Gasteiger partial charge in [-0.15, -0.1) is 0 Å². The van der Waals surface area contributed by atoms with Crippen LogP contribution in [0.1, 0.15) is 81.1 Å². The quantitative estimate of drug-likeness (QED) is 0.808. The molecule has 0 spiro atoms. The fourth-order valence-corrected chi connectivity index (χ4v) is 5.88. The second kappa shape index (κ2) is 5.68. The van der Waals surface area contributed by atoms with Crippen LogP contribution >= 0.6 is 0 Å². The summed E-state index contributed by atoms with van der Waals surface area (Å²) in [5.74, 6) is -0.959. The summed E-state index contributed by atoms with van der Waals surface area (Å²) in [5, 5.41) is 14.6. The van der Waals surface area contributed by atoms with Gasteiger partial charge in [0.05, 0.1) is 5.92 Å². The average Bonchev–Trinajstić information content (AvgIpc) is 2.28. The van der Waals surface area contributed by atoms with Crippen molar-refractivity contribution in [1.29, 1.82) is 0 Å². The largest absolute Gasteiger partial charge is 0.481 e. The van der Waals surface area contributed by atoms with Crippen LogP contribution in [-0.4, -0.2) is 49.3 Å². The molecule has 2 aliphatic heterocycles. The third kappa shape index (κ3) is 3.35. The molecule has 0 radical (unpaired) electrons. The Kier molecular flexibility index (Phi) is 4.66. The number of rotatable bonds is 2. The number of hydrogen-bond acceptors (Lipinski definition) is 4. The summed E-state index contributed by atoms with van der Waals surface area (Å²) in [7, 11) is 0. The molecule has 0 aliphatic carbocycles. The molecule has 2 heterocycles. The van der Waals surface area contributed by atoms with Crippen molar-refractivity contribution in [3.63, 3.8) is 0 Å². The molecule has 0 amide bonds. The summed E-state index contributed by atoms with van der Waals surface area (Å²) >= 11 is 0. The van der Waals surface area contributed by atoms with Crippen molar-refractivity contribution in [3.8, 4) is 0 Å². The third-order valence-corrected chi connectivity index (χ3v) is 5.86. The van der Waals surface area contributed by atoms with E-state index in [1.54, 1.807) is 0 Å². The number of hydrogen-bond donors (Lipinski definition) is 2. The highest BCUT2D eigenvalue weighted by molar-refractivity contribution is 5.70. The average molecular weight is 340 g/mol. The Morgan fingerprint density at radius 1 is 0.792 bits per heavy atom. The number of nitrogens with two attached hydrogens (primary N) is 1. The minimum atomic E-state index is -0.671. The van der Waals surface area contributed by atoms with Gasteiger partial charge in [0.2, 0.25) is 0 Å². The van der Waals surface area contributed by atoms with Crippen molar-refractivity contribution in [2.75, 3.05) is 0 Å². The lowest BCUT2D eigenvalue weighted by Gasteiger charge is -2.67. The highest BCUT2D eigenvalue weighted by Crippen LogP contribution is 2.49. The zero-order chi connectivity index (χ0) is 18.7. The van der Waals surface area contributed by atoms with Crippen molar-refractivity contribution < 1.29 is 9.90 Å². The number of piperidine rings is 2. The summed E-state index contributed by atoms with van der Waals surface area (Å²) in [6.45, 7) is 17.8. The maximum absolute atomic E-state index is 11.7. The monoisotopic (exact) mass is 339 g/mol. The first-order valence-electron chi connectivity index (χ1n) is 9.19. The first-order valence-corrected chi connectivity index (χ1v) is 9.19. The van der Waals surface area contributed by atoms with Crippen LogP contribution in [0, 0.1) is 5.92 Å². The molecule has 2 fully saturated rings. The topological polar surface area (TPSA) is 69.8 Å². The fraction of sp³-hybridized carbons (Fsp3) is 0.947. The molecule has 2 rings (SSSR count). The van der Waals surface area contributed by atoms with Gasteiger partial charge < -0.3 is 10.8 Å². The smallest absolute Gasteiger partial charge is 0.306 e. The van der Waals surface area contributed by atoms with Crippen LogP contribution in [0.3, 0.4) is 0 Å². The van der Waals surface area contributed by atoms with Crippen LogP contribution in [0.2, 0.25) is 0 Å². The molecule has 2 saturated heterocycles. The van der Waals surface area contributed by atoms with Gasteiger partial charge in [-0.05, 0) is 81.1 Å². The molecule has 5 heteroatoms. The Bertz CT molecular complexity index is 475. The van der Waals surface area contributed by atoms with Crippen LogP contribution in [0.15, 0.2) is 0 Å². The zero-order valence-corrected chi connectivity index (χ0v) is 16.8. The molecule has 140 valence electrons. The van der Waals surface area contributed by atoms with Gasteiger partial charge >= 0.3 is 5.97 Å². The molecular weight excluding hydrogens is 302 g/mol. The first kappa shape index (κ1) is 19.7. The van der Waals surface area contributed by atoms with Crippen LogP contribution < -0.4 is 5.73 Å². The Morgan fingerprint density at radius 3 is 1.38 bits per heavy atom. The van der Waals surface area contributed by atoms with Crippen LogP contribution in [0.4, 0.5) is 0 Å². The van der Waals surface area contributed by atoms with Gasteiger partial charge in [-0.3, -0.25) is 4.79 Å². The fourth-order valence-electron chi connectivity index (χ4n) is 5.88. The molecular formula is C19H37N3O2. The number of hydrazine groups is 1. The van der Waals surface area contributed by atoms with Crippen molar-refractivity contribution in [1.82, 2.24) is 10.0 Å². The van der Waals surface area contributed by atoms with Gasteiger partial charge in [0, 0.05) is 28.2 Å². The van der Waals surface area contributed by atoms with E-state index in [1.165, 1.54) is 0 Å². The van der Waals surface area contributed by atoms with Gasteiger partial charge in [0.25, 0.3) is 0 Å². The molecule has 0 aromatic heterocycles. The lowest BCUT2D eigenvalue weighted by molar-refractivity contribution is -0.279. The van der Waals surface area contributed by atoms with Crippen molar-refractivity contribution in [3.05, 3.63) is 0 Å². The Balaban J connectivity index is 2.50. The third-order valence-electron chi connectivity index (χ3n) is 5.86. The second-order valence-electron chi connectivity index (χ2n) is 10.5. The van der Waals surface area contributed by atoms with E-state index in [0.29, 0.717) is 12.8 Å². The second-order valence-corrected chi connectivity index (χ2v) is 10.5. The molecule has 0 aromatic carbocycles. The van der Waals surface area contributed by atoms with E-state index in [2.05, 4.69) is 65.4 Å². The van der Waals surface area contributed by atoms with Crippen molar-refractivity contribution in [2.24, 2.45) is 11.7 Å². The summed E-state index contributed by atoms with van der Waals surface area (Å²) in [6, 6.07) is 0.203. The Morgan fingerprint density at radius 2 is 1.08 bits per heavy atom. The Labute approximate surface area is 147 Å². The minimum Gasteiger partial charge on any atom is -0.481 e. The number of nitrogens with zero attached hydrogens (tertiary/aromatic N) is 2. The molecule has 0 atom stereocenters. The molecule has 2 aliphatic rings. The van der Waals surface area contributed by atoms with E-state index < -0.39 is 5.97 Å². The summed E-state index contributed by atoms with van der Waals surface area (Å²) < 4.78 is 0. The van der Waals surface area contributed by atoms with Crippen LogP contribution in [0.5, 0.6) is 0 Å². The minimum absolute atomic E-state index is 0.0637. The van der Waals surface area contributed by atoms with Crippen LogP contribution in [0.25, 0.3) is 0 Å². The normalized spacial score (nSPS) is 31.0. The lowest BCUT2D eigenvalue weighted by Crippen LogP contribution is -2.77. The van der Waals surface area contributed by atoms with E-state index >= 15 is 0 Å². The van der Waals surface area contributed by atoms with E-state index in [1.807, 2.05) is 0 Å². The predicted molar refractivity (Wildman–Crippen MR) is 97.6 cm³/mol. The summed E-state index contributed by atoms with van der Waals surface area (Å²) in [6.07, 6.45) is 3.23. The van der Waals surface area contributed by atoms with Gasteiger partial charge in [0.15, 0.2) is 0 Å². The van der Waals surface area contributed by atoms with E-state index in [9.17, 15) is 9.90 Å². The lowest BCUT2D eigenvalue weighted by atomic mass is 9.72. The van der Waals surface area contributed by atoms with Crippen LogP contribution in [-0.2, 0) is 4.79 Å². The van der Waals surface area contributed by atoms with E-state index in [0.717, 1.165) is 12.8 Å². The number of carboxylic acid groups (broad SMARTS) is 1. The highest BCUT2D eigenvalue weighted by atomic mass is 16.4.